The second-order valence-corrected chi connectivity index (χ2v) is 3.58. The first kappa shape index (κ1) is 16.1. The molecule has 102 valence electrons. The van der Waals surface area contributed by atoms with Crippen LogP contribution in [0.25, 0.3) is 0 Å². The van der Waals surface area contributed by atoms with Gasteiger partial charge < -0.3 is 15.2 Å². The van der Waals surface area contributed by atoms with E-state index in [-0.39, 0.29) is 6.04 Å². The van der Waals surface area contributed by atoms with Gasteiger partial charge in [-0.15, -0.1) is 0 Å². The highest BCUT2D eigenvalue weighted by Crippen LogP contribution is 1.96. The molecule has 0 aliphatic carbocycles. The highest BCUT2D eigenvalue weighted by molar-refractivity contribution is 6.02. The number of carboxylic acid groups (broad SMARTS) is 1. The first-order valence-electron chi connectivity index (χ1n) is 5.51. The zero-order chi connectivity index (χ0) is 14.0. The van der Waals surface area contributed by atoms with E-state index in [4.69, 9.17) is 9.84 Å². The number of imide groups is 1. The standard InChI is InChI=1S/C11H18N2O5/c1-3-4-8(7-18-2)12-11(17)13-9(14)5-6-10(15)16/h5-6,8H,3-4,7H2,1-2H3,(H,15,16)(H2,12,13,14,17). The molecule has 0 aromatic carbocycles. The molecular weight excluding hydrogens is 240 g/mol. The van der Waals surface area contributed by atoms with Crippen LogP contribution in [-0.2, 0) is 14.3 Å². The summed E-state index contributed by atoms with van der Waals surface area (Å²) in [7, 11) is 1.52. The van der Waals surface area contributed by atoms with Gasteiger partial charge in [-0.2, -0.15) is 0 Å². The molecule has 18 heavy (non-hydrogen) atoms. The Morgan fingerprint density at radius 2 is 2.00 bits per heavy atom. The van der Waals surface area contributed by atoms with Crippen LogP contribution in [-0.4, -0.2) is 42.8 Å². The lowest BCUT2D eigenvalue weighted by Gasteiger charge is -2.16. The Balaban J connectivity index is 4.14. The highest BCUT2D eigenvalue weighted by Gasteiger charge is 2.12. The second-order valence-electron chi connectivity index (χ2n) is 3.58. The van der Waals surface area contributed by atoms with Crippen molar-refractivity contribution in [3.8, 4) is 0 Å². The van der Waals surface area contributed by atoms with E-state index in [9.17, 15) is 14.4 Å². The van der Waals surface area contributed by atoms with Crippen LogP contribution in [0.5, 0.6) is 0 Å². The Bertz CT molecular complexity index is 321. The highest BCUT2D eigenvalue weighted by atomic mass is 16.5. The van der Waals surface area contributed by atoms with Gasteiger partial charge in [-0.1, -0.05) is 13.3 Å². The molecule has 0 aliphatic rings. The van der Waals surface area contributed by atoms with E-state index in [1.807, 2.05) is 12.2 Å². The third kappa shape index (κ3) is 8.28. The lowest BCUT2D eigenvalue weighted by molar-refractivity contribution is -0.131. The Kier molecular flexibility index (Phi) is 8.21. The number of carboxylic acids is 1. The topological polar surface area (TPSA) is 105 Å². The number of ether oxygens (including phenoxy) is 1. The maximum absolute atomic E-state index is 11.4. The van der Waals surface area contributed by atoms with Crippen molar-refractivity contribution in [1.29, 1.82) is 0 Å². The van der Waals surface area contributed by atoms with Crippen molar-refractivity contribution in [1.82, 2.24) is 10.6 Å². The molecule has 0 spiro atoms. The number of rotatable bonds is 7. The van der Waals surface area contributed by atoms with E-state index in [0.717, 1.165) is 18.9 Å². The zero-order valence-electron chi connectivity index (χ0n) is 10.4. The van der Waals surface area contributed by atoms with Crippen molar-refractivity contribution >= 4 is 17.9 Å². The van der Waals surface area contributed by atoms with Crippen LogP contribution >= 0.6 is 0 Å². The lowest BCUT2D eigenvalue weighted by Crippen LogP contribution is -2.45. The third-order valence-electron chi connectivity index (χ3n) is 1.95. The van der Waals surface area contributed by atoms with Crippen LogP contribution in [0.15, 0.2) is 12.2 Å². The second kappa shape index (κ2) is 9.17. The molecule has 0 saturated heterocycles. The predicted octanol–water partition coefficient (Wildman–Crippen LogP) is 0.268. The summed E-state index contributed by atoms with van der Waals surface area (Å²) in [5.74, 6) is -2.05. The van der Waals surface area contributed by atoms with Crippen molar-refractivity contribution in [2.45, 2.75) is 25.8 Å². The number of methoxy groups -OCH3 is 1. The number of carbonyl (C=O) groups is 3. The van der Waals surface area contributed by atoms with E-state index < -0.39 is 17.9 Å². The van der Waals surface area contributed by atoms with E-state index in [2.05, 4.69) is 5.32 Å². The molecule has 3 amide bonds. The molecule has 0 fully saturated rings. The summed E-state index contributed by atoms with van der Waals surface area (Å²) < 4.78 is 4.92. The summed E-state index contributed by atoms with van der Waals surface area (Å²) in [4.78, 5) is 32.6. The van der Waals surface area contributed by atoms with Gasteiger partial charge in [-0.3, -0.25) is 10.1 Å². The molecule has 0 bridgehead atoms. The Morgan fingerprint density at radius 3 is 2.50 bits per heavy atom. The van der Waals surface area contributed by atoms with Crippen molar-refractivity contribution < 1.29 is 24.2 Å². The molecule has 0 aromatic heterocycles. The molecule has 3 N–H and O–H groups in total. The molecule has 0 aromatic rings. The molecule has 0 aliphatic heterocycles. The van der Waals surface area contributed by atoms with Crippen LogP contribution in [0.2, 0.25) is 0 Å². The van der Waals surface area contributed by atoms with Gasteiger partial charge in [0, 0.05) is 19.3 Å². The van der Waals surface area contributed by atoms with Crippen molar-refractivity contribution in [2.75, 3.05) is 13.7 Å². The van der Waals surface area contributed by atoms with Gasteiger partial charge in [0.05, 0.1) is 12.6 Å². The average molecular weight is 258 g/mol. The Morgan fingerprint density at radius 1 is 1.33 bits per heavy atom. The molecule has 7 nitrogen and oxygen atoms in total. The van der Waals surface area contributed by atoms with Gasteiger partial charge in [0.2, 0.25) is 0 Å². The summed E-state index contributed by atoms with van der Waals surface area (Å²) in [6, 6.07) is -0.859. The fourth-order valence-corrected chi connectivity index (χ4v) is 1.27. The summed E-state index contributed by atoms with van der Waals surface area (Å²) in [6.45, 7) is 2.31. The number of urea groups is 1. The largest absolute Gasteiger partial charge is 0.478 e. The maximum Gasteiger partial charge on any atom is 0.328 e. The fourth-order valence-electron chi connectivity index (χ4n) is 1.27. The summed E-state index contributed by atoms with van der Waals surface area (Å²) in [6.07, 6.45) is 3.01. The van der Waals surface area contributed by atoms with Gasteiger partial charge >= 0.3 is 12.0 Å². The van der Waals surface area contributed by atoms with Gasteiger partial charge in [-0.25, -0.2) is 9.59 Å². The molecule has 0 rings (SSSR count). The maximum atomic E-state index is 11.4. The van der Waals surface area contributed by atoms with Crippen LogP contribution < -0.4 is 10.6 Å². The first-order chi connectivity index (χ1) is 8.49. The Hall–Kier alpha value is -1.89. The molecule has 0 radical (unpaired) electrons. The fraction of sp³-hybridized carbons (Fsp3) is 0.545. The van der Waals surface area contributed by atoms with E-state index in [1.54, 1.807) is 0 Å². The summed E-state index contributed by atoms with van der Waals surface area (Å²) in [5, 5.41) is 12.8. The van der Waals surface area contributed by atoms with Crippen molar-refractivity contribution in [3.63, 3.8) is 0 Å². The van der Waals surface area contributed by atoms with Gasteiger partial charge in [0.15, 0.2) is 0 Å². The quantitative estimate of drug-likeness (QED) is 0.568. The monoisotopic (exact) mass is 258 g/mol. The SMILES string of the molecule is CCCC(COC)NC(=O)NC(=O)C=CC(=O)O. The van der Waals surface area contributed by atoms with Crippen LogP contribution in [0.1, 0.15) is 19.8 Å². The number of amides is 3. The minimum absolute atomic E-state index is 0.184. The summed E-state index contributed by atoms with van der Waals surface area (Å²) in [5.41, 5.74) is 0. The van der Waals surface area contributed by atoms with Crippen molar-refractivity contribution in [2.24, 2.45) is 0 Å². The molecular formula is C11H18N2O5. The first-order valence-corrected chi connectivity index (χ1v) is 5.51. The lowest BCUT2D eigenvalue weighted by atomic mass is 10.2. The number of aliphatic carboxylic acids is 1. The van der Waals surface area contributed by atoms with Crippen molar-refractivity contribution in [3.05, 3.63) is 12.2 Å². The van der Waals surface area contributed by atoms with E-state index >= 15 is 0 Å². The zero-order valence-corrected chi connectivity index (χ0v) is 10.4. The van der Waals surface area contributed by atoms with Crippen LogP contribution in [0.4, 0.5) is 4.79 Å². The molecule has 0 saturated carbocycles. The molecule has 0 heterocycles. The number of hydrogen-bond acceptors (Lipinski definition) is 4. The van der Waals surface area contributed by atoms with Gasteiger partial charge in [0.1, 0.15) is 0 Å². The van der Waals surface area contributed by atoms with Gasteiger partial charge in [0.25, 0.3) is 5.91 Å². The average Bonchev–Trinajstić information content (AvgIpc) is 2.26. The number of hydrogen-bond donors (Lipinski definition) is 3. The molecule has 1 unspecified atom stereocenters. The van der Waals surface area contributed by atoms with Crippen LogP contribution in [0.3, 0.4) is 0 Å². The summed E-state index contributed by atoms with van der Waals surface area (Å²) >= 11 is 0. The smallest absolute Gasteiger partial charge is 0.328 e. The van der Waals surface area contributed by atoms with E-state index in [0.29, 0.717) is 12.7 Å². The molecule has 7 heteroatoms. The predicted molar refractivity (Wildman–Crippen MR) is 64.0 cm³/mol. The van der Waals surface area contributed by atoms with Crippen LogP contribution in [0, 0.1) is 0 Å². The minimum Gasteiger partial charge on any atom is -0.478 e. The number of carbonyl (C=O) groups excluding carboxylic acids is 2. The molecule has 1 atom stereocenters. The Labute approximate surface area is 105 Å². The third-order valence-corrected chi connectivity index (χ3v) is 1.95. The van der Waals surface area contributed by atoms with Gasteiger partial charge in [-0.05, 0) is 6.42 Å². The van der Waals surface area contributed by atoms with E-state index in [1.165, 1.54) is 7.11 Å². The minimum atomic E-state index is -1.26. The number of nitrogens with one attached hydrogen (secondary N) is 2. The normalized spacial score (nSPS) is 12.1.